The summed E-state index contributed by atoms with van der Waals surface area (Å²) in [7, 11) is 2.16. The van der Waals surface area contributed by atoms with Gasteiger partial charge in [0.25, 0.3) is 0 Å². The summed E-state index contributed by atoms with van der Waals surface area (Å²) >= 11 is 0. The quantitative estimate of drug-likeness (QED) is 0.762. The van der Waals surface area contributed by atoms with E-state index in [0.717, 1.165) is 32.7 Å². The Morgan fingerprint density at radius 1 is 1.36 bits per heavy atom. The second-order valence-corrected chi connectivity index (χ2v) is 3.76. The molecule has 0 aliphatic carbocycles. The van der Waals surface area contributed by atoms with Gasteiger partial charge in [0.05, 0.1) is 12.5 Å². The number of hydrazine groups is 1. The molecule has 2 rings (SSSR count). The molecule has 1 aromatic rings. The van der Waals surface area contributed by atoms with E-state index in [9.17, 15) is 0 Å². The van der Waals surface area contributed by atoms with Gasteiger partial charge in [0.15, 0.2) is 0 Å². The minimum absolute atomic E-state index is 0.861. The molecule has 1 aliphatic rings. The van der Waals surface area contributed by atoms with Crippen molar-refractivity contribution >= 4 is 0 Å². The van der Waals surface area contributed by atoms with E-state index in [1.54, 1.807) is 12.5 Å². The first-order chi connectivity index (χ1) is 6.84. The fourth-order valence-electron chi connectivity index (χ4n) is 1.56. The fraction of sp³-hybridized carbons (Fsp3) is 0.600. The molecule has 1 saturated heterocycles. The minimum atomic E-state index is 0.861. The molecule has 0 amide bonds. The molecule has 1 N–H and O–H groups in total. The zero-order valence-corrected chi connectivity index (χ0v) is 8.57. The molecule has 14 heavy (non-hydrogen) atoms. The van der Waals surface area contributed by atoms with Crippen LogP contribution in [0.25, 0.3) is 0 Å². The third-order valence-corrected chi connectivity index (χ3v) is 2.59. The first kappa shape index (κ1) is 9.71. The average Bonchev–Trinajstić information content (AvgIpc) is 2.70. The van der Waals surface area contributed by atoms with Crippen molar-refractivity contribution in [3.63, 3.8) is 0 Å². The van der Waals surface area contributed by atoms with E-state index >= 15 is 0 Å². The topological polar surface area (TPSA) is 31.6 Å². The largest absolute Gasteiger partial charge is 0.472 e. The molecule has 1 aliphatic heterocycles. The lowest BCUT2D eigenvalue weighted by Crippen LogP contribution is -2.50. The third-order valence-electron chi connectivity index (χ3n) is 2.59. The van der Waals surface area contributed by atoms with Crippen LogP contribution in [-0.4, -0.2) is 43.1 Å². The van der Waals surface area contributed by atoms with Crippen LogP contribution in [0.15, 0.2) is 23.0 Å². The van der Waals surface area contributed by atoms with Crippen molar-refractivity contribution in [2.24, 2.45) is 0 Å². The molecule has 1 fully saturated rings. The van der Waals surface area contributed by atoms with Gasteiger partial charge in [0.2, 0.25) is 0 Å². The Kier molecular flexibility index (Phi) is 3.18. The van der Waals surface area contributed by atoms with Gasteiger partial charge in [-0.05, 0) is 13.1 Å². The Bertz CT molecular complexity index is 252. The summed E-state index contributed by atoms with van der Waals surface area (Å²) in [5.74, 6) is 0. The van der Waals surface area contributed by atoms with Crippen molar-refractivity contribution in [2.45, 2.75) is 6.54 Å². The van der Waals surface area contributed by atoms with Crippen LogP contribution < -0.4 is 5.43 Å². The maximum absolute atomic E-state index is 5.00. The summed E-state index contributed by atoms with van der Waals surface area (Å²) in [6.07, 6.45) is 3.49. The molecule has 0 atom stereocenters. The second kappa shape index (κ2) is 4.59. The highest BCUT2D eigenvalue weighted by Crippen LogP contribution is 2.01. The molecule has 0 unspecified atom stereocenters. The van der Waals surface area contributed by atoms with E-state index in [2.05, 4.69) is 22.4 Å². The number of likely N-dealkylation sites (N-methyl/N-ethyl adjacent to an activating group) is 1. The molecule has 2 heterocycles. The second-order valence-electron chi connectivity index (χ2n) is 3.76. The Morgan fingerprint density at radius 2 is 2.14 bits per heavy atom. The van der Waals surface area contributed by atoms with Gasteiger partial charge < -0.3 is 9.32 Å². The normalized spacial score (nSPS) is 20.1. The van der Waals surface area contributed by atoms with Crippen LogP contribution >= 0.6 is 0 Å². The highest BCUT2D eigenvalue weighted by Gasteiger charge is 2.12. The third kappa shape index (κ3) is 2.57. The summed E-state index contributed by atoms with van der Waals surface area (Å²) in [4.78, 5) is 2.34. The molecule has 0 radical (unpaired) electrons. The predicted molar refractivity (Wildman–Crippen MR) is 54.6 cm³/mol. The van der Waals surface area contributed by atoms with Crippen molar-refractivity contribution in [3.8, 4) is 0 Å². The maximum Gasteiger partial charge on any atom is 0.0948 e. The van der Waals surface area contributed by atoms with E-state index < -0.39 is 0 Å². The number of hydrogen-bond donors (Lipinski definition) is 1. The standard InChI is InChI=1S/C10H17N3O/c1-12-3-5-13(6-4-12)11-8-10-2-7-14-9-10/h2,7,9,11H,3-6,8H2,1H3. The van der Waals surface area contributed by atoms with Crippen molar-refractivity contribution in [1.29, 1.82) is 0 Å². The van der Waals surface area contributed by atoms with Gasteiger partial charge in [-0.1, -0.05) is 0 Å². The number of furan rings is 1. The number of rotatable bonds is 3. The summed E-state index contributed by atoms with van der Waals surface area (Å²) < 4.78 is 5.00. The first-order valence-corrected chi connectivity index (χ1v) is 5.02. The fourth-order valence-corrected chi connectivity index (χ4v) is 1.56. The molecule has 78 valence electrons. The monoisotopic (exact) mass is 195 g/mol. The van der Waals surface area contributed by atoms with Gasteiger partial charge in [-0.15, -0.1) is 0 Å². The highest BCUT2D eigenvalue weighted by molar-refractivity contribution is 5.04. The van der Waals surface area contributed by atoms with Crippen LogP contribution in [0.4, 0.5) is 0 Å². The zero-order chi connectivity index (χ0) is 9.80. The van der Waals surface area contributed by atoms with E-state index in [4.69, 9.17) is 4.42 Å². The molecule has 4 nitrogen and oxygen atoms in total. The lowest BCUT2D eigenvalue weighted by molar-refractivity contribution is 0.102. The summed E-state index contributed by atoms with van der Waals surface area (Å²) in [5.41, 5.74) is 4.59. The molecule has 0 saturated carbocycles. The van der Waals surface area contributed by atoms with Crippen LogP contribution in [0.3, 0.4) is 0 Å². The van der Waals surface area contributed by atoms with Gasteiger partial charge in [-0.25, -0.2) is 5.01 Å². The molecule has 0 spiro atoms. The van der Waals surface area contributed by atoms with Gasteiger partial charge in [-0.2, -0.15) is 0 Å². The van der Waals surface area contributed by atoms with E-state index in [1.807, 2.05) is 6.07 Å². The Morgan fingerprint density at radius 3 is 2.79 bits per heavy atom. The predicted octanol–water partition coefficient (Wildman–Crippen LogP) is 0.532. The molecular weight excluding hydrogens is 178 g/mol. The zero-order valence-electron chi connectivity index (χ0n) is 8.57. The van der Waals surface area contributed by atoms with Gasteiger partial charge in [0.1, 0.15) is 0 Å². The molecule has 1 aromatic heterocycles. The summed E-state index contributed by atoms with van der Waals surface area (Å²) in [6.45, 7) is 5.32. The smallest absolute Gasteiger partial charge is 0.0948 e. The number of hydrogen-bond acceptors (Lipinski definition) is 4. The van der Waals surface area contributed by atoms with Gasteiger partial charge >= 0.3 is 0 Å². The number of nitrogens with zero attached hydrogens (tertiary/aromatic N) is 2. The molecule has 0 aromatic carbocycles. The van der Waals surface area contributed by atoms with Crippen molar-refractivity contribution < 1.29 is 4.42 Å². The van der Waals surface area contributed by atoms with Crippen LogP contribution in [0.1, 0.15) is 5.56 Å². The lowest BCUT2D eigenvalue weighted by atomic mass is 10.3. The summed E-state index contributed by atoms with van der Waals surface area (Å²) in [6, 6.07) is 1.99. The van der Waals surface area contributed by atoms with Crippen LogP contribution in [0.5, 0.6) is 0 Å². The molecule has 4 heteroatoms. The number of nitrogens with one attached hydrogen (secondary N) is 1. The summed E-state index contributed by atoms with van der Waals surface area (Å²) in [5, 5.41) is 2.27. The van der Waals surface area contributed by atoms with E-state index in [1.165, 1.54) is 5.56 Å². The highest BCUT2D eigenvalue weighted by atomic mass is 16.3. The van der Waals surface area contributed by atoms with Gasteiger partial charge in [-0.3, -0.25) is 5.43 Å². The van der Waals surface area contributed by atoms with Crippen molar-refractivity contribution in [2.75, 3.05) is 33.2 Å². The van der Waals surface area contributed by atoms with Gasteiger partial charge in [0, 0.05) is 38.3 Å². The van der Waals surface area contributed by atoms with Crippen molar-refractivity contribution in [3.05, 3.63) is 24.2 Å². The van der Waals surface area contributed by atoms with Crippen LogP contribution in [-0.2, 0) is 6.54 Å². The average molecular weight is 195 g/mol. The van der Waals surface area contributed by atoms with Crippen molar-refractivity contribution in [1.82, 2.24) is 15.3 Å². The maximum atomic E-state index is 5.00. The van der Waals surface area contributed by atoms with Crippen LogP contribution in [0, 0.1) is 0 Å². The Hall–Kier alpha value is -0.840. The first-order valence-electron chi connectivity index (χ1n) is 5.02. The van der Waals surface area contributed by atoms with Crippen LogP contribution in [0.2, 0.25) is 0 Å². The lowest BCUT2D eigenvalue weighted by Gasteiger charge is -2.32. The van der Waals surface area contributed by atoms with E-state index in [-0.39, 0.29) is 0 Å². The molecule has 0 bridgehead atoms. The SMILES string of the molecule is CN1CCN(NCc2ccoc2)CC1. The Labute approximate surface area is 84.4 Å². The van der Waals surface area contributed by atoms with E-state index in [0.29, 0.717) is 0 Å². The Balaban J connectivity index is 1.71. The minimum Gasteiger partial charge on any atom is -0.472 e. The molecular formula is C10H17N3O. The number of piperazine rings is 1.